The first-order valence-corrected chi connectivity index (χ1v) is 32.0. The van der Waals surface area contributed by atoms with Gasteiger partial charge in [0.25, 0.3) is 17.7 Å². The van der Waals surface area contributed by atoms with Gasteiger partial charge in [0.1, 0.15) is 28.0 Å². The van der Waals surface area contributed by atoms with Crippen LogP contribution in [0.25, 0.3) is 0 Å². The maximum Gasteiger partial charge on any atom is 0.338 e. The molecule has 538 valence electrons. The number of methoxy groups -OCH3 is 2. The van der Waals surface area contributed by atoms with Crippen molar-refractivity contribution in [3.05, 3.63) is 177 Å². The fraction of sp³-hybridized carbons (Fsp3) is 0.474. The molecule has 0 spiro atoms. The second-order valence-electron chi connectivity index (χ2n) is 27.5. The van der Waals surface area contributed by atoms with E-state index >= 15 is 0 Å². The molecule has 22 nitrogen and oxygen atoms in total. The minimum Gasteiger partial charge on any atom is -0.456 e. The van der Waals surface area contributed by atoms with E-state index in [9.17, 15) is 47.9 Å². The van der Waals surface area contributed by atoms with Crippen LogP contribution < -0.4 is 0 Å². The Morgan fingerprint density at radius 2 is 0.531 bits per heavy atom. The summed E-state index contributed by atoms with van der Waals surface area (Å²) in [6.07, 6.45) is 1.90. The lowest BCUT2D eigenvalue weighted by atomic mass is 10.0. The summed E-state index contributed by atoms with van der Waals surface area (Å²) in [6, 6.07) is 32.2. The molecule has 0 radical (unpaired) electrons. The van der Waals surface area contributed by atoms with Gasteiger partial charge in [-0.25, -0.2) is 24.0 Å². The first kappa shape index (κ1) is 87.1. The number of nitrogens with zero attached hydrogens (tertiary/aromatic N) is 3. The van der Waals surface area contributed by atoms with Gasteiger partial charge in [-0.05, 0) is 214 Å². The Hall–Kier alpha value is -8.96. The van der Waals surface area contributed by atoms with E-state index in [4.69, 9.17) is 43.4 Å². The molecule has 98 heavy (non-hydrogen) atoms. The van der Waals surface area contributed by atoms with Crippen molar-refractivity contribution in [1.82, 2.24) is 14.7 Å². The maximum atomic E-state index is 12.1. The minimum atomic E-state index is -0.549. The molecule has 3 amide bonds. The number of Topliss-reactive ketones (excluding diaryl/α,β-unsaturated/α-hetero) is 2. The summed E-state index contributed by atoms with van der Waals surface area (Å²) in [5, 5.41) is 17.5. The van der Waals surface area contributed by atoms with E-state index in [-0.39, 0.29) is 61.0 Å². The average molecular weight is 1360 g/mol. The van der Waals surface area contributed by atoms with Crippen LogP contribution in [-0.2, 0) is 33.2 Å². The van der Waals surface area contributed by atoms with Gasteiger partial charge in [-0.2, -0.15) is 0 Å². The molecule has 0 aromatic heterocycles. The van der Waals surface area contributed by atoms with Gasteiger partial charge in [-0.3, -0.25) is 24.0 Å². The highest BCUT2D eigenvalue weighted by atomic mass is 16.6. The normalized spacial score (nSPS) is 11.1. The van der Waals surface area contributed by atoms with E-state index < -0.39 is 45.9 Å². The number of hydrogen-bond acceptors (Lipinski definition) is 19. The minimum absolute atomic E-state index is 0.00172. The smallest absolute Gasteiger partial charge is 0.338 e. The van der Waals surface area contributed by atoms with Crippen LogP contribution in [-0.4, -0.2) is 194 Å². The third kappa shape index (κ3) is 35.9. The van der Waals surface area contributed by atoms with E-state index in [0.29, 0.717) is 101 Å². The Kier molecular flexibility index (Phi) is 36.7. The van der Waals surface area contributed by atoms with Crippen molar-refractivity contribution in [2.24, 2.45) is 0 Å². The average Bonchev–Trinajstić information content (AvgIpc) is 0.895. The number of likely N-dealkylation sites (N-methyl/N-ethyl adjacent to an activating group) is 2. The number of ketones is 2. The highest BCUT2D eigenvalue weighted by Crippen LogP contribution is 2.20. The van der Waals surface area contributed by atoms with Crippen molar-refractivity contribution >= 4 is 59.1 Å². The molecule has 0 bridgehead atoms. The van der Waals surface area contributed by atoms with Crippen molar-refractivity contribution in [2.45, 2.75) is 158 Å². The number of aliphatic hydroxyl groups excluding tert-OH is 2. The summed E-state index contributed by atoms with van der Waals surface area (Å²) in [5.74, 6) is -2.36. The Bertz CT molecular complexity index is 3340. The molecule has 0 unspecified atom stereocenters. The molecule has 5 aromatic carbocycles. The summed E-state index contributed by atoms with van der Waals surface area (Å²) in [6.45, 7) is 28.9. The zero-order valence-corrected chi connectivity index (χ0v) is 61.3. The van der Waals surface area contributed by atoms with Crippen LogP contribution in [0, 0.1) is 0 Å². The van der Waals surface area contributed by atoms with Gasteiger partial charge in [0, 0.05) is 109 Å². The predicted octanol–water partition coefficient (Wildman–Crippen LogP) is 12.3. The lowest BCUT2D eigenvalue weighted by Gasteiger charge is -2.20. The lowest BCUT2D eigenvalue weighted by Crippen LogP contribution is -2.30. The number of carbonyl (C=O) groups is 10. The molecular weight excluding hydrogens is 1260 g/mol. The van der Waals surface area contributed by atoms with E-state index in [1.807, 2.05) is 62.3 Å². The number of esters is 5. The van der Waals surface area contributed by atoms with Gasteiger partial charge in [0.05, 0.1) is 41.0 Å². The van der Waals surface area contributed by atoms with Crippen LogP contribution in [0.3, 0.4) is 0 Å². The Balaban J connectivity index is 0.000000613. The number of hydrogen-bond donors (Lipinski definition) is 2. The third-order valence-corrected chi connectivity index (χ3v) is 12.5. The summed E-state index contributed by atoms with van der Waals surface area (Å²) in [4.78, 5) is 123. The zero-order chi connectivity index (χ0) is 74.9. The van der Waals surface area contributed by atoms with Gasteiger partial charge in [-0.1, -0.05) is 24.3 Å². The Morgan fingerprint density at radius 1 is 0.306 bits per heavy atom. The van der Waals surface area contributed by atoms with E-state index in [2.05, 4.69) is 0 Å². The molecular formula is C76H105N3O19. The second kappa shape index (κ2) is 41.3. The van der Waals surface area contributed by atoms with Gasteiger partial charge >= 0.3 is 29.8 Å². The molecule has 0 atom stereocenters. The van der Waals surface area contributed by atoms with Gasteiger partial charge in [0.15, 0.2) is 11.6 Å². The highest BCUT2D eigenvalue weighted by molar-refractivity contribution is 6.00. The molecule has 22 heteroatoms. The van der Waals surface area contributed by atoms with Crippen molar-refractivity contribution < 1.29 is 91.3 Å². The summed E-state index contributed by atoms with van der Waals surface area (Å²) in [7, 11) is 9.89. The van der Waals surface area contributed by atoms with Crippen LogP contribution in [0.2, 0.25) is 0 Å². The quantitative estimate of drug-likeness (QED) is 0.0282. The molecule has 0 heterocycles. The number of carbonyl (C=O) groups excluding carboxylic acids is 10. The number of rotatable bonds is 22. The first-order valence-electron chi connectivity index (χ1n) is 32.0. The van der Waals surface area contributed by atoms with Crippen LogP contribution in [0.15, 0.2) is 121 Å². The molecule has 0 saturated heterocycles. The number of aliphatic hydroxyl groups is 2. The fourth-order valence-corrected chi connectivity index (χ4v) is 7.70. The molecule has 0 aliphatic heterocycles. The molecule has 0 aliphatic carbocycles. The molecule has 2 N–H and O–H groups in total. The molecule has 0 fully saturated rings. The lowest BCUT2D eigenvalue weighted by molar-refractivity contribution is 0.00570. The van der Waals surface area contributed by atoms with Crippen molar-refractivity contribution in [1.29, 1.82) is 0 Å². The largest absolute Gasteiger partial charge is 0.456 e. The topological polar surface area (TPSA) is 285 Å². The van der Waals surface area contributed by atoms with Crippen LogP contribution in [0.5, 0.6) is 0 Å². The third-order valence-electron chi connectivity index (χ3n) is 12.5. The Labute approximate surface area is 579 Å². The van der Waals surface area contributed by atoms with E-state index in [0.717, 1.165) is 0 Å². The van der Waals surface area contributed by atoms with Crippen LogP contribution in [0.4, 0.5) is 0 Å². The summed E-state index contributed by atoms with van der Waals surface area (Å²) in [5.41, 5.74) is 2.19. The Morgan fingerprint density at radius 3 is 0.755 bits per heavy atom. The summed E-state index contributed by atoms with van der Waals surface area (Å²) < 4.78 is 36.1. The number of ether oxygens (including phenoxy) is 7. The number of amides is 3. The fourth-order valence-electron chi connectivity index (χ4n) is 7.70. The standard InChI is InChI=1S/C16H23NO4.C16H22O4.C15H21NO4.C15H20O4.C14H19NO3/c1-16(2,3)21-15(19)13-8-6-12(7-9-13)14(18)17(4)10-11-20-5;1-16(2,3)20-15(18)13-9-7-12(8-10-13)14(17)6-5-11-19-4;1-15(2,3)20-14(19)12-7-5-11(6-8-12)13(18)16(4)9-10-17;1-15(2,3)19-14(18)12-8-6-11(7-9-12)13(17)5-4-10-16;1-14(2,3)18-13(17)11-8-6-10(7-9-11)12(16)15(4)5/h6-9H,10-11H2,1-5H3;7-10H,5-6,11H2,1-4H3;5-8,17H,9-10H2,1-4H3;6-9,16H,4-5,10H2,1-3H3;6-9H,1-5H3. The molecule has 5 rings (SSSR count). The van der Waals surface area contributed by atoms with E-state index in [1.165, 1.54) is 9.80 Å². The van der Waals surface area contributed by atoms with Gasteiger partial charge in [-0.15, -0.1) is 0 Å². The monoisotopic (exact) mass is 1360 g/mol. The predicted molar refractivity (Wildman–Crippen MR) is 375 cm³/mol. The first-order chi connectivity index (χ1) is 45.4. The SMILES string of the molecule is CC(C)(C)OC(=O)c1ccc(C(=O)CCCO)cc1.CN(C)C(=O)c1ccc(C(=O)OC(C)(C)C)cc1.CN(CCO)C(=O)c1ccc(C(=O)OC(C)(C)C)cc1.COCCCC(=O)c1ccc(C(=O)OC(C)(C)C)cc1.COCCN(C)C(=O)c1ccc(C(=O)OC(C)(C)C)cc1. The van der Waals surface area contributed by atoms with Gasteiger partial charge in [0.2, 0.25) is 0 Å². The second-order valence-corrected chi connectivity index (χ2v) is 27.5. The highest BCUT2D eigenvalue weighted by Gasteiger charge is 2.24. The van der Waals surface area contributed by atoms with Crippen molar-refractivity contribution in [2.75, 3.05) is 81.9 Å². The maximum absolute atomic E-state index is 12.1. The molecule has 0 aliphatic rings. The van der Waals surface area contributed by atoms with Crippen LogP contribution >= 0.6 is 0 Å². The summed E-state index contributed by atoms with van der Waals surface area (Å²) >= 11 is 0. The van der Waals surface area contributed by atoms with Crippen LogP contribution in [0.1, 0.15) is 233 Å². The zero-order valence-electron chi connectivity index (χ0n) is 61.3. The molecule has 5 aromatic rings. The van der Waals surface area contributed by atoms with Crippen molar-refractivity contribution in [3.8, 4) is 0 Å². The van der Waals surface area contributed by atoms with Crippen molar-refractivity contribution in [3.63, 3.8) is 0 Å². The van der Waals surface area contributed by atoms with E-state index in [1.54, 1.807) is 210 Å². The number of benzene rings is 5. The van der Waals surface area contributed by atoms with Gasteiger partial charge < -0.3 is 58.1 Å². The molecule has 0 saturated carbocycles.